The van der Waals surface area contributed by atoms with Gasteiger partial charge in [-0.2, -0.15) is 0 Å². The summed E-state index contributed by atoms with van der Waals surface area (Å²) < 4.78 is 34.4. The lowest BCUT2D eigenvalue weighted by Gasteiger charge is -1.98. The van der Waals surface area contributed by atoms with Crippen LogP contribution < -0.4 is 0 Å². The van der Waals surface area contributed by atoms with Crippen molar-refractivity contribution in [2.24, 2.45) is 0 Å². The van der Waals surface area contributed by atoms with E-state index in [4.69, 9.17) is 12.0 Å². The van der Waals surface area contributed by atoms with Gasteiger partial charge in [-0.05, 0) is 12.8 Å². The molecule has 0 aliphatic rings. The van der Waals surface area contributed by atoms with Gasteiger partial charge in [-0.15, -0.1) is 0 Å². The molecule has 1 atom stereocenters. The number of aliphatic hydroxyl groups excluding tert-OH is 1. The summed E-state index contributed by atoms with van der Waals surface area (Å²) in [6.07, 6.45) is -3.82. The third-order valence-corrected chi connectivity index (χ3v) is 0.553. The second-order valence-corrected chi connectivity index (χ2v) is 1.07. The van der Waals surface area contributed by atoms with E-state index in [-0.39, 0.29) is 6.42 Å². The van der Waals surface area contributed by atoms with Crippen LogP contribution in [0.4, 0.5) is 0 Å². The molecule has 0 saturated carbocycles. The highest BCUT2D eigenvalue weighted by Gasteiger charge is 1.90. The van der Waals surface area contributed by atoms with Crippen molar-refractivity contribution >= 4 is 0 Å². The topological polar surface area (TPSA) is 20.2 Å². The second kappa shape index (κ2) is 3.16. The van der Waals surface area contributed by atoms with Crippen molar-refractivity contribution in [3.8, 4) is 0 Å². The lowest BCUT2D eigenvalue weighted by atomic mass is 10.2. The number of hydrogen-bond donors (Lipinski definition) is 1. The van der Waals surface area contributed by atoms with Gasteiger partial charge < -0.3 is 5.11 Å². The Bertz CT molecular complexity index is 129. The molecule has 0 amide bonds. The van der Waals surface area contributed by atoms with Gasteiger partial charge in [0, 0.05) is 6.85 Å². The second-order valence-electron chi connectivity index (χ2n) is 1.07. The van der Waals surface area contributed by atoms with Crippen LogP contribution in [0.25, 0.3) is 0 Å². The first-order valence-electron chi connectivity index (χ1n) is 4.41. The van der Waals surface area contributed by atoms with E-state index >= 15 is 0 Å². The standard InChI is InChI=1S/C5H12O/c1-3-5(6)4-2/h5-6H,3-4H2,1-2H3/i1D3,3D2. The van der Waals surface area contributed by atoms with Gasteiger partial charge in [-0.1, -0.05) is 13.8 Å². The minimum Gasteiger partial charge on any atom is -0.393 e. The average molecular weight is 93.2 g/mol. The van der Waals surface area contributed by atoms with Crippen LogP contribution >= 0.6 is 0 Å². The summed E-state index contributed by atoms with van der Waals surface area (Å²) in [5.74, 6) is 0. The van der Waals surface area contributed by atoms with E-state index in [0.717, 1.165) is 0 Å². The largest absolute Gasteiger partial charge is 0.393 e. The molecule has 1 nitrogen and oxygen atoms in total. The molecule has 0 saturated heterocycles. The molecule has 0 rings (SSSR count). The Morgan fingerprint density at radius 2 is 2.83 bits per heavy atom. The molecule has 0 radical (unpaired) electrons. The predicted molar refractivity (Wildman–Crippen MR) is 26.6 cm³/mol. The van der Waals surface area contributed by atoms with Gasteiger partial charge in [0.2, 0.25) is 0 Å². The van der Waals surface area contributed by atoms with Crippen molar-refractivity contribution in [3.63, 3.8) is 0 Å². The van der Waals surface area contributed by atoms with E-state index in [2.05, 4.69) is 0 Å². The molecule has 0 heterocycles. The van der Waals surface area contributed by atoms with Gasteiger partial charge in [0.15, 0.2) is 0 Å². The molecular formula is C5H12O. The van der Waals surface area contributed by atoms with E-state index in [0.29, 0.717) is 0 Å². The van der Waals surface area contributed by atoms with Crippen molar-refractivity contribution in [2.75, 3.05) is 0 Å². The van der Waals surface area contributed by atoms with Gasteiger partial charge in [0.25, 0.3) is 0 Å². The van der Waals surface area contributed by atoms with E-state index in [1.165, 1.54) is 6.92 Å². The Hall–Kier alpha value is -0.0400. The van der Waals surface area contributed by atoms with Crippen LogP contribution in [-0.4, -0.2) is 11.2 Å². The fourth-order valence-corrected chi connectivity index (χ4v) is 0.102. The Morgan fingerprint density at radius 1 is 2.17 bits per heavy atom. The zero-order chi connectivity index (χ0) is 9.28. The zero-order valence-electron chi connectivity index (χ0n) is 8.73. The molecule has 0 fully saturated rings. The predicted octanol–water partition coefficient (Wildman–Crippen LogP) is 1.17. The van der Waals surface area contributed by atoms with Gasteiger partial charge in [0.05, 0.1) is 6.10 Å². The summed E-state index contributed by atoms with van der Waals surface area (Å²) in [6, 6.07) is 0. The molecule has 0 aliphatic heterocycles. The summed E-state index contributed by atoms with van der Waals surface area (Å²) in [6.45, 7) is -1.21. The lowest BCUT2D eigenvalue weighted by molar-refractivity contribution is 0.166. The third kappa shape index (κ3) is 2.21. The fourth-order valence-electron chi connectivity index (χ4n) is 0.102. The van der Waals surface area contributed by atoms with Crippen LogP contribution in [0.15, 0.2) is 0 Å². The van der Waals surface area contributed by atoms with Crippen LogP contribution in [0, 0.1) is 0 Å². The van der Waals surface area contributed by atoms with Crippen molar-refractivity contribution in [1.82, 2.24) is 0 Å². The van der Waals surface area contributed by atoms with Crippen LogP contribution in [0.1, 0.15) is 33.4 Å². The molecule has 0 aromatic rings. The first kappa shape index (κ1) is 1.48. The maximum atomic E-state index is 8.99. The zero-order valence-corrected chi connectivity index (χ0v) is 3.73. The highest BCUT2D eigenvalue weighted by atomic mass is 16.3. The summed E-state index contributed by atoms with van der Waals surface area (Å²) >= 11 is 0. The number of hydrogen-bond acceptors (Lipinski definition) is 1. The summed E-state index contributed by atoms with van der Waals surface area (Å²) in [5.41, 5.74) is 0. The van der Waals surface area contributed by atoms with Gasteiger partial charge in [-0.3, -0.25) is 0 Å². The van der Waals surface area contributed by atoms with Crippen LogP contribution in [0.2, 0.25) is 0 Å². The summed E-state index contributed by atoms with van der Waals surface area (Å²) in [7, 11) is 0. The molecule has 0 aromatic carbocycles. The van der Waals surface area contributed by atoms with E-state index in [9.17, 15) is 0 Å². The number of rotatable bonds is 2. The van der Waals surface area contributed by atoms with Crippen molar-refractivity contribution in [2.45, 2.75) is 32.7 Å². The molecule has 38 valence electrons. The van der Waals surface area contributed by atoms with E-state index in [1.807, 2.05) is 0 Å². The van der Waals surface area contributed by atoms with Crippen LogP contribution in [0.3, 0.4) is 0 Å². The van der Waals surface area contributed by atoms with E-state index in [1.54, 1.807) is 0 Å². The molecular weight excluding hydrogens is 76.1 g/mol. The Balaban J connectivity index is 4.45. The Morgan fingerprint density at radius 3 is 3.00 bits per heavy atom. The minimum absolute atomic E-state index is 0.103. The number of aliphatic hydroxyl groups is 1. The minimum atomic E-state index is -2.75. The molecule has 0 spiro atoms. The Labute approximate surface area is 46.0 Å². The highest BCUT2D eigenvalue weighted by molar-refractivity contribution is 4.43. The quantitative estimate of drug-likeness (QED) is 0.543. The normalized spacial score (nSPS) is 31.3. The molecule has 0 bridgehead atoms. The maximum absolute atomic E-state index is 8.99. The first-order chi connectivity index (χ1) is 4.73. The fraction of sp³-hybridized carbons (Fsp3) is 1.00. The lowest BCUT2D eigenvalue weighted by Crippen LogP contribution is -1.99. The molecule has 1 unspecified atom stereocenters. The summed E-state index contributed by atoms with van der Waals surface area (Å²) in [5, 5.41) is 8.99. The smallest absolute Gasteiger partial charge is 0.0535 e. The van der Waals surface area contributed by atoms with Crippen molar-refractivity contribution < 1.29 is 12.0 Å². The molecule has 6 heavy (non-hydrogen) atoms. The van der Waals surface area contributed by atoms with Crippen LogP contribution in [-0.2, 0) is 0 Å². The third-order valence-electron chi connectivity index (χ3n) is 0.553. The monoisotopic (exact) mass is 93.1 g/mol. The molecule has 0 aliphatic carbocycles. The average Bonchev–Trinajstić information content (AvgIpc) is 1.83. The Kier molecular flexibility index (Phi) is 0.779. The van der Waals surface area contributed by atoms with Crippen molar-refractivity contribution in [1.29, 1.82) is 0 Å². The van der Waals surface area contributed by atoms with Crippen LogP contribution in [0.5, 0.6) is 0 Å². The molecule has 1 heteroatoms. The molecule has 0 aromatic heterocycles. The highest BCUT2D eigenvalue weighted by Crippen LogP contribution is 1.91. The SMILES string of the molecule is [2H]C([2H])([2H])C([2H])([2H])C(O)CC. The van der Waals surface area contributed by atoms with E-state index < -0.39 is 19.3 Å². The van der Waals surface area contributed by atoms with Crippen molar-refractivity contribution in [3.05, 3.63) is 0 Å². The van der Waals surface area contributed by atoms with Gasteiger partial charge >= 0.3 is 0 Å². The van der Waals surface area contributed by atoms with Gasteiger partial charge in [-0.25, -0.2) is 0 Å². The first-order valence-corrected chi connectivity index (χ1v) is 1.91. The maximum Gasteiger partial charge on any atom is 0.0535 e. The van der Waals surface area contributed by atoms with Gasteiger partial charge in [0.1, 0.15) is 0 Å². The molecule has 1 N–H and O–H groups in total. The summed E-state index contributed by atoms with van der Waals surface area (Å²) in [4.78, 5) is 0.